The van der Waals surface area contributed by atoms with Crippen molar-refractivity contribution in [3.63, 3.8) is 0 Å². The first-order valence-electron chi connectivity index (χ1n) is 15.4. The molecule has 1 aliphatic carbocycles. The summed E-state index contributed by atoms with van der Waals surface area (Å²) in [5, 5.41) is 7.93. The fraction of sp³-hybridized carbons (Fsp3) is 0.324. The number of hydrogen-bond acceptors (Lipinski definition) is 6. The number of anilines is 1. The van der Waals surface area contributed by atoms with Crippen molar-refractivity contribution < 1.29 is 27.5 Å². The van der Waals surface area contributed by atoms with E-state index in [1.807, 2.05) is 49.4 Å². The van der Waals surface area contributed by atoms with Crippen LogP contribution in [-0.4, -0.2) is 50.0 Å². The Hall–Kier alpha value is -4.65. The zero-order valence-electron chi connectivity index (χ0n) is 25.8. The summed E-state index contributed by atoms with van der Waals surface area (Å²) in [5.74, 6) is 0.593. The molecule has 1 aromatic heterocycles. The number of amidine groups is 1. The van der Waals surface area contributed by atoms with Gasteiger partial charge in [-0.05, 0) is 85.5 Å². The van der Waals surface area contributed by atoms with Crippen LogP contribution in [0.4, 0.5) is 23.7 Å². The molecule has 244 valence electrons. The summed E-state index contributed by atoms with van der Waals surface area (Å²) >= 11 is 1.28. The Balaban J connectivity index is 1.06. The van der Waals surface area contributed by atoms with Gasteiger partial charge in [0.2, 0.25) is 5.91 Å². The number of ether oxygens (including phenoxy) is 1. The van der Waals surface area contributed by atoms with E-state index in [1.54, 1.807) is 4.90 Å². The van der Waals surface area contributed by atoms with Crippen molar-refractivity contribution in [3.05, 3.63) is 89.7 Å². The van der Waals surface area contributed by atoms with E-state index < -0.39 is 12.4 Å². The SMILES string of the molecule is CCCc1ccc(C)cc1N1C(=O)CS/C1=N\C(=O)NC1CCC(c2ccc(-c3ncn(-c4ccc(OC(F)(F)F)cc4)n3)cc2)C1. The Kier molecular flexibility index (Phi) is 9.35. The molecule has 1 saturated heterocycles. The fourth-order valence-corrected chi connectivity index (χ4v) is 6.84. The zero-order valence-corrected chi connectivity index (χ0v) is 26.6. The number of alkyl halides is 3. The minimum absolute atomic E-state index is 0.0352. The Morgan fingerprint density at radius 2 is 1.85 bits per heavy atom. The van der Waals surface area contributed by atoms with Gasteiger partial charge in [-0.25, -0.2) is 14.5 Å². The van der Waals surface area contributed by atoms with Crippen LogP contribution >= 0.6 is 11.8 Å². The minimum atomic E-state index is -4.75. The maximum absolute atomic E-state index is 13.0. The Bertz CT molecular complexity index is 1790. The van der Waals surface area contributed by atoms with Crippen LogP contribution in [0.2, 0.25) is 0 Å². The van der Waals surface area contributed by atoms with Gasteiger partial charge >= 0.3 is 12.4 Å². The summed E-state index contributed by atoms with van der Waals surface area (Å²) in [7, 11) is 0. The summed E-state index contributed by atoms with van der Waals surface area (Å²) in [6, 6.07) is 18.9. The normalized spacial score (nSPS) is 19.0. The number of aromatic nitrogens is 3. The van der Waals surface area contributed by atoms with E-state index >= 15 is 0 Å². The second-order valence-electron chi connectivity index (χ2n) is 11.6. The van der Waals surface area contributed by atoms with Gasteiger partial charge in [0.05, 0.1) is 17.1 Å². The molecule has 1 N–H and O–H groups in total. The van der Waals surface area contributed by atoms with E-state index in [0.29, 0.717) is 16.7 Å². The van der Waals surface area contributed by atoms with Gasteiger partial charge in [-0.15, -0.1) is 18.3 Å². The van der Waals surface area contributed by atoms with E-state index in [0.717, 1.165) is 60.0 Å². The second kappa shape index (κ2) is 13.6. The molecule has 47 heavy (non-hydrogen) atoms. The van der Waals surface area contributed by atoms with Crippen LogP contribution in [0, 0.1) is 6.92 Å². The lowest BCUT2D eigenvalue weighted by Gasteiger charge is -2.20. The molecule has 9 nitrogen and oxygen atoms in total. The van der Waals surface area contributed by atoms with E-state index in [4.69, 9.17) is 0 Å². The number of nitrogens with zero attached hydrogens (tertiary/aromatic N) is 5. The number of amides is 3. The molecule has 2 atom stereocenters. The van der Waals surface area contributed by atoms with Crippen molar-refractivity contribution in [1.82, 2.24) is 20.1 Å². The Morgan fingerprint density at radius 3 is 2.57 bits per heavy atom. The van der Waals surface area contributed by atoms with Crippen LogP contribution in [-0.2, 0) is 11.2 Å². The number of carbonyl (C=O) groups excluding carboxylic acids is 2. The molecule has 0 spiro atoms. The van der Waals surface area contributed by atoms with Gasteiger partial charge in [0.25, 0.3) is 0 Å². The number of thioether (sulfide) groups is 1. The number of rotatable bonds is 8. The molecule has 1 aliphatic heterocycles. The molecule has 13 heteroatoms. The Morgan fingerprint density at radius 1 is 1.09 bits per heavy atom. The summed E-state index contributed by atoms with van der Waals surface area (Å²) in [6.45, 7) is 4.08. The molecule has 2 unspecified atom stereocenters. The first-order valence-corrected chi connectivity index (χ1v) is 16.4. The largest absolute Gasteiger partial charge is 0.573 e. The second-order valence-corrected chi connectivity index (χ2v) is 12.6. The maximum Gasteiger partial charge on any atom is 0.573 e. The molecule has 3 amide bonds. The fourth-order valence-electron chi connectivity index (χ4n) is 5.98. The maximum atomic E-state index is 13.0. The van der Waals surface area contributed by atoms with Crippen molar-refractivity contribution in [2.45, 2.75) is 64.3 Å². The third-order valence-corrected chi connectivity index (χ3v) is 9.11. The highest BCUT2D eigenvalue weighted by Crippen LogP contribution is 2.36. The number of urea groups is 1. The summed E-state index contributed by atoms with van der Waals surface area (Å²) in [6.07, 6.45) is 1.01. The summed E-state index contributed by atoms with van der Waals surface area (Å²) in [4.78, 5) is 36.2. The van der Waals surface area contributed by atoms with Gasteiger partial charge in [-0.2, -0.15) is 4.99 Å². The average molecular weight is 663 g/mol. The Labute approximate surface area is 274 Å². The molecule has 2 aliphatic rings. The number of nitrogens with one attached hydrogen (secondary N) is 1. The van der Waals surface area contributed by atoms with Gasteiger partial charge < -0.3 is 10.1 Å². The first kappa shape index (κ1) is 32.3. The number of halogens is 3. The predicted molar refractivity (Wildman–Crippen MR) is 175 cm³/mol. The highest BCUT2D eigenvalue weighted by atomic mass is 32.2. The van der Waals surface area contributed by atoms with E-state index in [1.165, 1.54) is 47.0 Å². The number of hydrogen-bond donors (Lipinski definition) is 1. The molecule has 6 rings (SSSR count). The molecular weight excluding hydrogens is 629 g/mol. The van der Waals surface area contributed by atoms with Gasteiger partial charge in [-0.3, -0.25) is 9.69 Å². The van der Waals surface area contributed by atoms with E-state index in [-0.39, 0.29) is 29.4 Å². The number of aliphatic imine (C=N–C) groups is 1. The quantitative estimate of drug-likeness (QED) is 0.209. The third kappa shape index (κ3) is 7.67. The van der Waals surface area contributed by atoms with Crippen LogP contribution in [0.25, 0.3) is 17.1 Å². The van der Waals surface area contributed by atoms with Gasteiger partial charge in [0.15, 0.2) is 11.0 Å². The van der Waals surface area contributed by atoms with Crippen molar-refractivity contribution >= 4 is 34.6 Å². The van der Waals surface area contributed by atoms with E-state index in [2.05, 4.69) is 32.1 Å². The molecule has 2 fully saturated rings. The number of carbonyl (C=O) groups is 2. The summed E-state index contributed by atoms with van der Waals surface area (Å²) in [5.41, 5.74) is 5.38. The third-order valence-electron chi connectivity index (χ3n) is 8.19. The lowest BCUT2D eigenvalue weighted by atomic mass is 9.96. The molecule has 2 heterocycles. The van der Waals surface area contributed by atoms with Crippen LogP contribution in [0.1, 0.15) is 55.2 Å². The highest BCUT2D eigenvalue weighted by molar-refractivity contribution is 8.15. The van der Waals surface area contributed by atoms with Crippen molar-refractivity contribution in [3.8, 4) is 22.8 Å². The smallest absolute Gasteiger partial charge is 0.406 e. The topological polar surface area (TPSA) is 102 Å². The molecule has 1 saturated carbocycles. The predicted octanol–water partition coefficient (Wildman–Crippen LogP) is 7.58. The minimum Gasteiger partial charge on any atom is -0.406 e. The van der Waals surface area contributed by atoms with E-state index in [9.17, 15) is 22.8 Å². The zero-order chi connectivity index (χ0) is 33.1. The van der Waals surface area contributed by atoms with Crippen LogP contribution in [0.5, 0.6) is 5.75 Å². The van der Waals surface area contributed by atoms with Crippen molar-refractivity contribution in [2.75, 3.05) is 10.7 Å². The standard InChI is InChI=1S/C34H33F3N6O3S/c1-3-4-23-6-5-21(2)17-29(23)43-30(44)19-47-33(43)40-32(45)39-26-12-11-25(18-26)22-7-9-24(10-8-22)31-38-20-42(41-31)27-13-15-28(16-14-27)46-34(35,36)37/h5-10,13-17,20,25-26H,3-4,11-12,18-19H2,1-2H3,(H,39,45)/b40-33-. The monoisotopic (exact) mass is 662 g/mol. The average Bonchev–Trinajstić information content (AvgIpc) is 3.79. The molecule has 0 radical (unpaired) electrons. The van der Waals surface area contributed by atoms with Crippen molar-refractivity contribution in [1.29, 1.82) is 0 Å². The van der Waals surface area contributed by atoms with Gasteiger partial charge in [0, 0.05) is 11.6 Å². The first-order chi connectivity index (χ1) is 22.6. The lowest BCUT2D eigenvalue weighted by molar-refractivity contribution is -0.274. The highest BCUT2D eigenvalue weighted by Gasteiger charge is 2.33. The summed E-state index contributed by atoms with van der Waals surface area (Å²) < 4.78 is 42.8. The van der Waals surface area contributed by atoms with Crippen molar-refractivity contribution in [2.24, 2.45) is 4.99 Å². The molecular formula is C34H33F3N6O3S. The van der Waals surface area contributed by atoms with Crippen LogP contribution < -0.4 is 15.0 Å². The number of aryl methyl sites for hydroxylation is 2. The molecule has 4 aromatic rings. The molecule has 3 aromatic carbocycles. The van der Waals surface area contributed by atoms with Gasteiger partial charge in [0.1, 0.15) is 12.1 Å². The number of benzene rings is 3. The lowest BCUT2D eigenvalue weighted by Crippen LogP contribution is -2.34. The molecule has 0 bridgehead atoms. The van der Waals surface area contributed by atoms with Gasteiger partial charge in [-0.1, -0.05) is 61.5 Å². The van der Waals surface area contributed by atoms with Crippen LogP contribution in [0.15, 0.2) is 78.0 Å². The van der Waals surface area contributed by atoms with Crippen LogP contribution in [0.3, 0.4) is 0 Å².